The third-order valence-electron chi connectivity index (χ3n) is 2.21. The molecule has 2 nitrogen and oxygen atoms in total. The Morgan fingerprint density at radius 2 is 2.10 bits per heavy atom. The standard InChI is InChI=1S/C8H17NO/c1-6-4-8(2,3)10-5-7(6)9/h6-7H,4-5,9H2,1-3H3/t6-,7+/m1/s1. The van der Waals surface area contributed by atoms with E-state index >= 15 is 0 Å². The van der Waals surface area contributed by atoms with Crippen LogP contribution in [0.3, 0.4) is 0 Å². The minimum Gasteiger partial charge on any atom is -0.374 e. The number of rotatable bonds is 0. The van der Waals surface area contributed by atoms with Gasteiger partial charge in [0.05, 0.1) is 12.2 Å². The molecule has 1 aliphatic rings. The predicted octanol–water partition coefficient (Wildman–Crippen LogP) is 1.15. The first-order valence-corrected chi connectivity index (χ1v) is 3.91. The van der Waals surface area contributed by atoms with Gasteiger partial charge in [0, 0.05) is 6.04 Å². The molecule has 60 valence electrons. The molecule has 2 N–H and O–H groups in total. The van der Waals surface area contributed by atoms with Gasteiger partial charge in [-0.3, -0.25) is 0 Å². The highest BCUT2D eigenvalue weighted by Crippen LogP contribution is 2.27. The van der Waals surface area contributed by atoms with Crippen LogP contribution in [0.5, 0.6) is 0 Å². The topological polar surface area (TPSA) is 35.2 Å². The van der Waals surface area contributed by atoms with Gasteiger partial charge >= 0.3 is 0 Å². The Labute approximate surface area is 62.7 Å². The predicted molar refractivity (Wildman–Crippen MR) is 41.8 cm³/mol. The maximum atomic E-state index is 5.77. The molecule has 0 aromatic rings. The van der Waals surface area contributed by atoms with Crippen molar-refractivity contribution in [3.8, 4) is 0 Å². The van der Waals surface area contributed by atoms with Gasteiger partial charge in [0.1, 0.15) is 0 Å². The van der Waals surface area contributed by atoms with Crippen LogP contribution in [0.2, 0.25) is 0 Å². The third-order valence-corrected chi connectivity index (χ3v) is 2.21. The molecule has 0 spiro atoms. The Balaban J connectivity index is 2.49. The zero-order valence-corrected chi connectivity index (χ0v) is 7.05. The van der Waals surface area contributed by atoms with E-state index in [1.807, 2.05) is 0 Å². The molecule has 0 radical (unpaired) electrons. The van der Waals surface area contributed by atoms with Crippen molar-refractivity contribution in [1.29, 1.82) is 0 Å². The Kier molecular flexibility index (Phi) is 2.02. The van der Waals surface area contributed by atoms with Crippen LogP contribution in [-0.2, 0) is 4.74 Å². The van der Waals surface area contributed by atoms with Crippen molar-refractivity contribution in [3.63, 3.8) is 0 Å². The van der Waals surface area contributed by atoms with Crippen molar-refractivity contribution in [2.75, 3.05) is 6.61 Å². The SMILES string of the molecule is C[C@@H]1CC(C)(C)OC[C@@H]1N. The zero-order chi connectivity index (χ0) is 7.78. The van der Waals surface area contributed by atoms with E-state index in [-0.39, 0.29) is 11.6 Å². The lowest BCUT2D eigenvalue weighted by atomic mass is 9.87. The molecule has 0 unspecified atom stereocenters. The fraction of sp³-hybridized carbons (Fsp3) is 1.00. The smallest absolute Gasteiger partial charge is 0.0630 e. The van der Waals surface area contributed by atoms with Gasteiger partial charge in [-0.25, -0.2) is 0 Å². The summed E-state index contributed by atoms with van der Waals surface area (Å²) in [5, 5.41) is 0. The second kappa shape index (κ2) is 2.51. The molecular formula is C8H17NO. The van der Waals surface area contributed by atoms with E-state index in [1.54, 1.807) is 0 Å². The highest BCUT2D eigenvalue weighted by atomic mass is 16.5. The highest BCUT2D eigenvalue weighted by molar-refractivity contribution is 4.83. The van der Waals surface area contributed by atoms with E-state index in [2.05, 4.69) is 20.8 Å². The van der Waals surface area contributed by atoms with Crippen molar-refractivity contribution in [3.05, 3.63) is 0 Å². The van der Waals surface area contributed by atoms with Crippen LogP contribution in [0.1, 0.15) is 27.2 Å². The van der Waals surface area contributed by atoms with Gasteiger partial charge in [-0.05, 0) is 26.2 Å². The summed E-state index contributed by atoms with van der Waals surface area (Å²) in [6.45, 7) is 7.15. The van der Waals surface area contributed by atoms with Gasteiger partial charge in [0.2, 0.25) is 0 Å². The molecule has 0 aromatic heterocycles. The first kappa shape index (κ1) is 8.02. The van der Waals surface area contributed by atoms with Crippen LogP contribution < -0.4 is 5.73 Å². The van der Waals surface area contributed by atoms with Gasteiger partial charge in [0.25, 0.3) is 0 Å². The summed E-state index contributed by atoms with van der Waals surface area (Å²) in [5.41, 5.74) is 5.83. The zero-order valence-electron chi connectivity index (χ0n) is 7.05. The molecule has 1 rings (SSSR count). The van der Waals surface area contributed by atoms with Crippen molar-refractivity contribution >= 4 is 0 Å². The van der Waals surface area contributed by atoms with Gasteiger partial charge in [-0.1, -0.05) is 6.92 Å². The van der Waals surface area contributed by atoms with Gasteiger partial charge in [-0.15, -0.1) is 0 Å². The molecular weight excluding hydrogens is 126 g/mol. The lowest BCUT2D eigenvalue weighted by molar-refractivity contribution is -0.0787. The van der Waals surface area contributed by atoms with Crippen LogP contribution in [0.25, 0.3) is 0 Å². The number of ether oxygens (including phenoxy) is 1. The molecule has 1 saturated heterocycles. The van der Waals surface area contributed by atoms with Gasteiger partial charge in [-0.2, -0.15) is 0 Å². The van der Waals surface area contributed by atoms with Crippen LogP contribution in [0, 0.1) is 5.92 Å². The maximum absolute atomic E-state index is 5.77. The summed E-state index contributed by atoms with van der Waals surface area (Å²) in [6, 6.07) is 0.244. The van der Waals surface area contributed by atoms with Crippen LogP contribution >= 0.6 is 0 Å². The summed E-state index contributed by atoms with van der Waals surface area (Å²) >= 11 is 0. The highest BCUT2D eigenvalue weighted by Gasteiger charge is 2.30. The summed E-state index contributed by atoms with van der Waals surface area (Å²) in [5.74, 6) is 0.601. The maximum Gasteiger partial charge on any atom is 0.0630 e. The van der Waals surface area contributed by atoms with E-state index in [0.717, 1.165) is 6.42 Å². The normalized spacial score (nSPS) is 39.6. The first-order chi connectivity index (χ1) is 4.51. The minimum absolute atomic E-state index is 0.0509. The second-order valence-corrected chi connectivity index (χ2v) is 3.92. The fourth-order valence-electron chi connectivity index (χ4n) is 1.47. The molecule has 10 heavy (non-hydrogen) atoms. The summed E-state index contributed by atoms with van der Waals surface area (Å²) in [6.07, 6.45) is 1.08. The molecule has 1 heterocycles. The molecule has 0 aliphatic carbocycles. The van der Waals surface area contributed by atoms with Gasteiger partial charge < -0.3 is 10.5 Å². The monoisotopic (exact) mass is 143 g/mol. The van der Waals surface area contributed by atoms with Crippen LogP contribution in [-0.4, -0.2) is 18.2 Å². The lowest BCUT2D eigenvalue weighted by Gasteiger charge is -2.37. The first-order valence-electron chi connectivity index (χ1n) is 3.91. The van der Waals surface area contributed by atoms with Crippen LogP contribution in [0.4, 0.5) is 0 Å². The minimum atomic E-state index is 0.0509. The van der Waals surface area contributed by atoms with Crippen molar-refractivity contribution < 1.29 is 4.74 Å². The van der Waals surface area contributed by atoms with Gasteiger partial charge in [0.15, 0.2) is 0 Å². The number of hydrogen-bond acceptors (Lipinski definition) is 2. The third kappa shape index (κ3) is 1.70. The summed E-state index contributed by atoms with van der Waals surface area (Å²) < 4.78 is 5.52. The molecule has 2 heteroatoms. The average molecular weight is 143 g/mol. The number of hydrogen-bond donors (Lipinski definition) is 1. The van der Waals surface area contributed by atoms with E-state index in [1.165, 1.54) is 0 Å². The lowest BCUT2D eigenvalue weighted by Crippen LogP contribution is -2.46. The Morgan fingerprint density at radius 1 is 1.50 bits per heavy atom. The Morgan fingerprint density at radius 3 is 2.50 bits per heavy atom. The fourth-order valence-corrected chi connectivity index (χ4v) is 1.47. The largest absolute Gasteiger partial charge is 0.374 e. The summed E-state index contributed by atoms with van der Waals surface area (Å²) in [7, 11) is 0. The van der Waals surface area contributed by atoms with Crippen molar-refractivity contribution in [2.45, 2.75) is 38.8 Å². The number of nitrogens with two attached hydrogens (primary N) is 1. The molecule has 0 aromatic carbocycles. The quantitative estimate of drug-likeness (QED) is 0.552. The second-order valence-electron chi connectivity index (χ2n) is 3.92. The van der Waals surface area contributed by atoms with Crippen LogP contribution in [0.15, 0.2) is 0 Å². The molecule has 0 bridgehead atoms. The summed E-state index contributed by atoms with van der Waals surface area (Å²) in [4.78, 5) is 0. The van der Waals surface area contributed by atoms with Crippen molar-refractivity contribution in [2.24, 2.45) is 11.7 Å². The van der Waals surface area contributed by atoms with Crippen molar-refractivity contribution in [1.82, 2.24) is 0 Å². The van der Waals surface area contributed by atoms with E-state index in [0.29, 0.717) is 12.5 Å². The average Bonchev–Trinajstić information content (AvgIpc) is 1.79. The Bertz CT molecular complexity index is 122. The molecule has 1 fully saturated rings. The van der Waals surface area contributed by atoms with E-state index < -0.39 is 0 Å². The van der Waals surface area contributed by atoms with E-state index in [9.17, 15) is 0 Å². The molecule has 2 atom stereocenters. The molecule has 0 amide bonds. The Hall–Kier alpha value is -0.0800. The van der Waals surface area contributed by atoms with E-state index in [4.69, 9.17) is 10.5 Å². The molecule has 0 saturated carbocycles. The molecule has 1 aliphatic heterocycles.